The SMILES string of the molecule is CN(C)S(=O)(=O)c1ccc(NCCO)c(C(=O)OCC(=O)c2cccs2)c1. The summed E-state index contributed by atoms with van der Waals surface area (Å²) in [7, 11) is -0.994. The molecule has 0 saturated carbocycles. The number of Topliss-reactive ketones (excluding diaryl/α,β-unsaturated/α-hetero) is 1. The van der Waals surface area contributed by atoms with Crippen molar-refractivity contribution in [1.29, 1.82) is 0 Å². The van der Waals surface area contributed by atoms with Gasteiger partial charge in [0, 0.05) is 26.3 Å². The van der Waals surface area contributed by atoms with Crippen LogP contribution in [0.25, 0.3) is 0 Å². The number of esters is 1. The van der Waals surface area contributed by atoms with Crippen molar-refractivity contribution in [3.8, 4) is 0 Å². The van der Waals surface area contributed by atoms with Gasteiger partial charge in [-0.15, -0.1) is 11.3 Å². The fourth-order valence-electron chi connectivity index (χ4n) is 2.13. The molecule has 0 amide bonds. The van der Waals surface area contributed by atoms with Gasteiger partial charge in [0.25, 0.3) is 0 Å². The molecule has 2 N–H and O–H groups in total. The zero-order valence-electron chi connectivity index (χ0n) is 14.8. The van der Waals surface area contributed by atoms with Crippen molar-refractivity contribution >= 4 is 38.8 Å². The zero-order valence-corrected chi connectivity index (χ0v) is 16.5. The van der Waals surface area contributed by atoms with Crippen molar-refractivity contribution in [2.45, 2.75) is 4.90 Å². The number of aliphatic hydroxyl groups excluding tert-OH is 1. The van der Waals surface area contributed by atoms with E-state index in [0.29, 0.717) is 10.6 Å². The number of hydrogen-bond donors (Lipinski definition) is 2. The highest BCUT2D eigenvalue weighted by Gasteiger charge is 2.22. The quantitative estimate of drug-likeness (QED) is 0.473. The van der Waals surface area contributed by atoms with Crippen LogP contribution in [-0.2, 0) is 14.8 Å². The zero-order chi connectivity index (χ0) is 20.0. The second-order valence-electron chi connectivity index (χ2n) is 5.62. The molecule has 0 aliphatic rings. The Balaban J connectivity index is 2.27. The third kappa shape index (κ3) is 5.13. The van der Waals surface area contributed by atoms with E-state index >= 15 is 0 Å². The van der Waals surface area contributed by atoms with Crippen molar-refractivity contribution in [2.75, 3.05) is 39.2 Å². The fraction of sp³-hybridized carbons (Fsp3) is 0.294. The van der Waals surface area contributed by atoms with Crippen LogP contribution in [-0.4, -0.2) is 63.4 Å². The first-order chi connectivity index (χ1) is 12.8. The fourth-order valence-corrected chi connectivity index (χ4v) is 3.71. The maximum atomic E-state index is 12.5. The number of carbonyl (C=O) groups excluding carboxylic acids is 2. The highest BCUT2D eigenvalue weighted by molar-refractivity contribution is 7.89. The largest absolute Gasteiger partial charge is 0.454 e. The summed E-state index contributed by atoms with van der Waals surface area (Å²) in [6.45, 7) is -0.472. The van der Waals surface area contributed by atoms with Gasteiger partial charge in [0.1, 0.15) is 0 Å². The van der Waals surface area contributed by atoms with Crippen molar-refractivity contribution in [3.05, 3.63) is 46.2 Å². The average molecular weight is 412 g/mol. The van der Waals surface area contributed by atoms with Crippen molar-refractivity contribution in [1.82, 2.24) is 4.31 Å². The molecule has 10 heteroatoms. The van der Waals surface area contributed by atoms with Crippen LogP contribution in [0.2, 0.25) is 0 Å². The molecule has 0 aliphatic carbocycles. The predicted octanol–water partition coefficient (Wildman–Crippen LogP) is 1.44. The summed E-state index contributed by atoms with van der Waals surface area (Å²) in [5, 5.41) is 13.5. The predicted molar refractivity (Wildman–Crippen MR) is 102 cm³/mol. The summed E-state index contributed by atoms with van der Waals surface area (Å²) in [5.74, 6) is -1.18. The minimum Gasteiger partial charge on any atom is -0.454 e. The first-order valence-electron chi connectivity index (χ1n) is 7.92. The van der Waals surface area contributed by atoms with E-state index in [4.69, 9.17) is 9.84 Å². The number of ketones is 1. The lowest BCUT2D eigenvalue weighted by Crippen LogP contribution is -2.23. The Morgan fingerprint density at radius 2 is 2.00 bits per heavy atom. The first-order valence-corrected chi connectivity index (χ1v) is 10.2. The van der Waals surface area contributed by atoms with E-state index in [0.717, 1.165) is 4.31 Å². The molecule has 0 spiro atoms. The van der Waals surface area contributed by atoms with Crippen molar-refractivity contribution in [3.63, 3.8) is 0 Å². The van der Waals surface area contributed by atoms with E-state index in [-0.39, 0.29) is 29.4 Å². The van der Waals surface area contributed by atoms with Crippen LogP contribution in [0.3, 0.4) is 0 Å². The number of nitrogens with one attached hydrogen (secondary N) is 1. The number of rotatable bonds is 9. The molecule has 8 nitrogen and oxygen atoms in total. The molecule has 0 fully saturated rings. The van der Waals surface area contributed by atoms with E-state index in [1.807, 2.05) is 0 Å². The van der Waals surface area contributed by atoms with Crippen LogP contribution in [0, 0.1) is 0 Å². The Bertz CT molecular complexity index is 908. The van der Waals surface area contributed by atoms with Gasteiger partial charge < -0.3 is 15.2 Å². The Morgan fingerprint density at radius 3 is 2.59 bits per heavy atom. The number of sulfonamides is 1. The Morgan fingerprint density at radius 1 is 1.26 bits per heavy atom. The number of hydrogen-bond acceptors (Lipinski definition) is 8. The van der Waals surface area contributed by atoms with Gasteiger partial charge in [-0.05, 0) is 29.6 Å². The summed E-state index contributed by atoms with van der Waals surface area (Å²) in [4.78, 5) is 24.8. The number of thiophene rings is 1. The maximum absolute atomic E-state index is 12.5. The topological polar surface area (TPSA) is 113 Å². The lowest BCUT2D eigenvalue weighted by molar-refractivity contribution is 0.0476. The van der Waals surface area contributed by atoms with Crippen LogP contribution in [0.1, 0.15) is 20.0 Å². The Kier molecular flexibility index (Phi) is 7.08. The Labute approximate surface area is 161 Å². The molecule has 146 valence electrons. The minimum atomic E-state index is -3.75. The average Bonchev–Trinajstić information content (AvgIpc) is 3.18. The Hall–Kier alpha value is -2.27. The summed E-state index contributed by atoms with van der Waals surface area (Å²) in [5.41, 5.74) is 0.265. The first kappa shape index (κ1) is 21.0. The van der Waals surface area contributed by atoms with Crippen molar-refractivity contribution < 1.29 is 27.9 Å². The van der Waals surface area contributed by atoms with E-state index in [1.54, 1.807) is 17.5 Å². The lowest BCUT2D eigenvalue weighted by Gasteiger charge is -2.15. The number of carbonyl (C=O) groups is 2. The van der Waals surface area contributed by atoms with Gasteiger partial charge in [0.05, 0.1) is 21.9 Å². The number of ether oxygens (including phenoxy) is 1. The molecule has 1 heterocycles. The van der Waals surface area contributed by atoms with Gasteiger partial charge in [-0.2, -0.15) is 0 Å². The monoisotopic (exact) mass is 412 g/mol. The molecule has 0 bridgehead atoms. The van der Waals surface area contributed by atoms with Gasteiger partial charge in [-0.3, -0.25) is 4.79 Å². The molecule has 0 aliphatic heterocycles. The van der Waals surface area contributed by atoms with E-state index in [9.17, 15) is 18.0 Å². The highest BCUT2D eigenvalue weighted by Crippen LogP contribution is 2.23. The third-order valence-electron chi connectivity index (χ3n) is 3.55. The number of aliphatic hydroxyl groups is 1. The summed E-state index contributed by atoms with van der Waals surface area (Å²) < 4.78 is 30.7. The van der Waals surface area contributed by atoms with Crippen LogP contribution in [0.4, 0.5) is 5.69 Å². The molecule has 27 heavy (non-hydrogen) atoms. The van der Waals surface area contributed by atoms with E-state index in [2.05, 4.69) is 5.32 Å². The van der Waals surface area contributed by atoms with Crippen LogP contribution < -0.4 is 5.32 Å². The standard InChI is InChI=1S/C17H20N2O6S2/c1-19(2)27(23,24)12-5-6-14(18-7-8-20)13(10-12)17(22)25-11-15(21)16-4-3-9-26-16/h3-6,9-10,18,20H,7-8,11H2,1-2H3. The molecule has 0 saturated heterocycles. The van der Waals surface area contributed by atoms with E-state index in [1.165, 1.54) is 43.6 Å². The third-order valence-corrected chi connectivity index (χ3v) is 6.27. The number of anilines is 1. The van der Waals surface area contributed by atoms with Gasteiger partial charge in [0.2, 0.25) is 15.8 Å². The number of nitrogens with zero attached hydrogens (tertiary/aromatic N) is 1. The van der Waals surface area contributed by atoms with Crippen LogP contribution in [0.15, 0.2) is 40.6 Å². The molecular formula is C17H20N2O6S2. The maximum Gasteiger partial charge on any atom is 0.340 e. The molecule has 0 radical (unpaired) electrons. The minimum absolute atomic E-state index is 0.0367. The van der Waals surface area contributed by atoms with Gasteiger partial charge >= 0.3 is 5.97 Å². The second kappa shape index (κ2) is 9.09. The molecule has 1 aromatic carbocycles. The molecule has 0 unspecified atom stereocenters. The molecule has 2 rings (SSSR count). The summed E-state index contributed by atoms with van der Waals surface area (Å²) >= 11 is 1.24. The van der Waals surface area contributed by atoms with E-state index < -0.39 is 22.6 Å². The van der Waals surface area contributed by atoms with Crippen LogP contribution >= 0.6 is 11.3 Å². The molecular weight excluding hydrogens is 392 g/mol. The van der Waals surface area contributed by atoms with Gasteiger partial charge in [0.15, 0.2) is 6.61 Å². The highest BCUT2D eigenvalue weighted by atomic mass is 32.2. The van der Waals surface area contributed by atoms with Crippen molar-refractivity contribution in [2.24, 2.45) is 0 Å². The smallest absolute Gasteiger partial charge is 0.340 e. The summed E-state index contributed by atoms with van der Waals surface area (Å²) in [6.07, 6.45) is 0. The van der Waals surface area contributed by atoms with Crippen LogP contribution in [0.5, 0.6) is 0 Å². The number of benzene rings is 1. The normalized spacial score (nSPS) is 11.4. The lowest BCUT2D eigenvalue weighted by atomic mass is 10.1. The molecule has 2 aromatic rings. The molecule has 1 aromatic heterocycles. The van der Waals surface area contributed by atoms with Gasteiger partial charge in [-0.25, -0.2) is 17.5 Å². The van der Waals surface area contributed by atoms with Gasteiger partial charge in [-0.1, -0.05) is 6.07 Å². The molecule has 0 atom stereocenters. The second-order valence-corrected chi connectivity index (χ2v) is 8.72. The summed E-state index contributed by atoms with van der Waals surface area (Å²) in [6, 6.07) is 7.30.